The molecule has 1 aromatic heterocycles. The third kappa shape index (κ3) is 3.59. The van der Waals surface area contributed by atoms with E-state index in [-0.39, 0.29) is 11.9 Å². The van der Waals surface area contributed by atoms with Crippen LogP contribution in [-0.4, -0.2) is 65.2 Å². The van der Waals surface area contributed by atoms with Crippen molar-refractivity contribution in [3.63, 3.8) is 0 Å². The standard InChI is InChI=1S/C17H22N4O3S/c1-13-6-4-5-7-16(13)20-9-8-15(18-20)17(22)19-10-11-21(14(2)12-19)25(3,23)24/h4-9,14H,10-12H2,1-3H3/t14-/m0/s1. The second kappa shape index (κ2) is 6.61. The maximum Gasteiger partial charge on any atom is 0.274 e. The summed E-state index contributed by atoms with van der Waals surface area (Å²) in [5, 5.41) is 4.40. The van der Waals surface area contributed by atoms with Gasteiger partial charge in [-0.15, -0.1) is 0 Å². The van der Waals surface area contributed by atoms with E-state index in [1.807, 2.05) is 38.1 Å². The number of hydrogen-bond donors (Lipinski definition) is 0. The van der Waals surface area contributed by atoms with Crippen LogP contribution >= 0.6 is 0 Å². The van der Waals surface area contributed by atoms with E-state index in [0.717, 1.165) is 11.3 Å². The van der Waals surface area contributed by atoms with Gasteiger partial charge < -0.3 is 4.90 Å². The zero-order chi connectivity index (χ0) is 18.2. The lowest BCUT2D eigenvalue weighted by Crippen LogP contribution is -2.55. The summed E-state index contributed by atoms with van der Waals surface area (Å²) in [4.78, 5) is 14.4. The molecule has 0 spiro atoms. The van der Waals surface area contributed by atoms with Crippen LogP contribution < -0.4 is 0 Å². The first kappa shape index (κ1) is 17.6. The lowest BCUT2D eigenvalue weighted by Gasteiger charge is -2.37. The number of nitrogens with zero attached hydrogens (tertiary/aromatic N) is 4. The number of carbonyl (C=O) groups is 1. The number of hydrogen-bond acceptors (Lipinski definition) is 4. The Morgan fingerprint density at radius 1 is 1.20 bits per heavy atom. The second-order valence-corrected chi connectivity index (χ2v) is 8.34. The third-order valence-electron chi connectivity index (χ3n) is 4.45. The summed E-state index contributed by atoms with van der Waals surface area (Å²) in [6, 6.07) is 9.27. The Kier molecular flexibility index (Phi) is 4.66. The largest absolute Gasteiger partial charge is 0.334 e. The lowest BCUT2D eigenvalue weighted by molar-refractivity contribution is 0.0636. The summed E-state index contributed by atoms with van der Waals surface area (Å²) in [6.07, 6.45) is 2.97. The average Bonchev–Trinajstić information content (AvgIpc) is 3.03. The van der Waals surface area contributed by atoms with Gasteiger partial charge in [-0.1, -0.05) is 18.2 Å². The van der Waals surface area contributed by atoms with Crippen molar-refractivity contribution in [3.05, 3.63) is 47.8 Å². The van der Waals surface area contributed by atoms with Crippen molar-refractivity contribution in [3.8, 4) is 5.69 Å². The molecule has 1 aliphatic heterocycles. The van der Waals surface area contributed by atoms with Gasteiger partial charge >= 0.3 is 0 Å². The minimum absolute atomic E-state index is 0.174. The number of benzene rings is 1. The van der Waals surface area contributed by atoms with Crippen LogP contribution in [0.1, 0.15) is 23.0 Å². The highest BCUT2D eigenvalue weighted by molar-refractivity contribution is 7.88. The Morgan fingerprint density at radius 2 is 1.92 bits per heavy atom. The number of piperazine rings is 1. The summed E-state index contributed by atoms with van der Waals surface area (Å²) in [6.45, 7) is 4.85. The molecule has 2 aromatic rings. The van der Waals surface area contributed by atoms with E-state index in [1.54, 1.807) is 21.8 Å². The van der Waals surface area contributed by atoms with Crippen molar-refractivity contribution in [1.82, 2.24) is 19.0 Å². The van der Waals surface area contributed by atoms with Gasteiger partial charge in [-0.25, -0.2) is 13.1 Å². The Labute approximate surface area is 147 Å². The van der Waals surface area contributed by atoms with E-state index in [0.29, 0.717) is 25.3 Å². The first-order chi connectivity index (χ1) is 11.8. The van der Waals surface area contributed by atoms with Gasteiger partial charge in [-0.2, -0.15) is 9.40 Å². The predicted octanol–water partition coefficient (Wildman–Crippen LogP) is 1.29. The van der Waals surface area contributed by atoms with E-state index in [2.05, 4.69) is 5.10 Å². The number of amides is 1. The van der Waals surface area contributed by atoms with Gasteiger partial charge in [0.25, 0.3) is 5.91 Å². The monoisotopic (exact) mass is 362 g/mol. The number of aryl methyl sites for hydroxylation is 1. The summed E-state index contributed by atoms with van der Waals surface area (Å²) >= 11 is 0. The van der Waals surface area contributed by atoms with E-state index < -0.39 is 10.0 Å². The molecule has 0 radical (unpaired) electrons. The quantitative estimate of drug-likeness (QED) is 0.824. The molecule has 134 valence electrons. The van der Waals surface area contributed by atoms with E-state index >= 15 is 0 Å². The van der Waals surface area contributed by atoms with Gasteiger partial charge in [0.15, 0.2) is 5.69 Å². The van der Waals surface area contributed by atoms with E-state index in [1.165, 1.54) is 10.6 Å². The first-order valence-corrected chi connectivity index (χ1v) is 10.00. The molecule has 1 atom stereocenters. The molecule has 1 aromatic carbocycles. The maximum absolute atomic E-state index is 12.7. The van der Waals surface area contributed by atoms with Crippen LogP contribution in [0.2, 0.25) is 0 Å². The maximum atomic E-state index is 12.7. The fourth-order valence-electron chi connectivity index (χ4n) is 3.17. The summed E-state index contributed by atoms with van der Waals surface area (Å²) in [5.74, 6) is -0.174. The van der Waals surface area contributed by atoms with E-state index in [9.17, 15) is 13.2 Å². The minimum Gasteiger partial charge on any atom is -0.334 e. The molecule has 1 fully saturated rings. The Bertz CT molecular complexity index is 891. The Morgan fingerprint density at radius 3 is 2.56 bits per heavy atom. The smallest absolute Gasteiger partial charge is 0.274 e. The summed E-state index contributed by atoms with van der Waals surface area (Å²) < 4.78 is 26.6. The molecule has 7 nitrogen and oxygen atoms in total. The first-order valence-electron chi connectivity index (χ1n) is 8.15. The van der Waals surface area contributed by atoms with Crippen LogP contribution in [0.15, 0.2) is 36.5 Å². The molecule has 8 heteroatoms. The molecular formula is C17H22N4O3S. The van der Waals surface area contributed by atoms with Gasteiger partial charge in [-0.3, -0.25) is 4.79 Å². The Hall–Kier alpha value is -2.19. The number of aromatic nitrogens is 2. The van der Waals surface area contributed by atoms with Crippen LogP contribution in [0.3, 0.4) is 0 Å². The zero-order valence-electron chi connectivity index (χ0n) is 14.6. The van der Waals surface area contributed by atoms with Crippen LogP contribution in [0.5, 0.6) is 0 Å². The fraction of sp³-hybridized carbons (Fsp3) is 0.412. The second-order valence-electron chi connectivity index (χ2n) is 6.41. The van der Waals surface area contributed by atoms with Gasteiger partial charge in [0.2, 0.25) is 10.0 Å². The zero-order valence-corrected chi connectivity index (χ0v) is 15.4. The molecular weight excluding hydrogens is 340 g/mol. The fourth-order valence-corrected chi connectivity index (χ4v) is 4.31. The van der Waals surface area contributed by atoms with Crippen LogP contribution in [0.25, 0.3) is 5.69 Å². The van der Waals surface area contributed by atoms with Gasteiger partial charge in [0, 0.05) is 31.9 Å². The Balaban J connectivity index is 1.76. The van der Waals surface area contributed by atoms with Gasteiger partial charge in [0.1, 0.15) is 0 Å². The highest BCUT2D eigenvalue weighted by Gasteiger charge is 2.32. The normalized spacial score (nSPS) is 19.2. The molecule has 2 heterocycles. The van der Waals surface area contributed by atoms with Crippen molar-refractivity contribution >= 4 is 15.9 Å². The lowest BCUT2D eigenvalue weighted by atomic mass is 10.2. The van der Waals surface area contributed by atoms with Gasteiger partial charge in [0.05, 0.1) is 11.9 Å². The SMILES string of the molecule is Cc1ccccc1-n1ccc(C(=O)N2CCN(S(C)(=O)=O)[C@@H](C)C2)n1. The highest BCUT2D eigenvalue weighted by Crippen LogP contribution is 2.17. The van der Waals surface area contributed by atoms with E-state index in [4.69, 9.17) is 0 Å². The van der Waals surface area contributed by atoms with Crippen molar-refractivity contribution in [1.29, 1.82) is 0 Å². The van der Waals surface area contributed by atoms with Crippen LogP contribution in [-0.2, 0) is 10.0 Å². The number of sulfonamides is 1. The molecule has 1 amide bonds. The number of para-hydroxylation sites is 1. The number of rotatable bonds is 3. The molecule has 1 aliphatic rings. The molecule has 0 unspecified atom stereocenters. The summed E-state index contributed by atoms with van der Waals surface area (Å²) in [5.41, 5.74) is 2.36. The van der Waals surface area contributed by atoms with Crippen molar-refractivity contribution in [2.24, 2.45) is 0 Å². The topological polar surface area (TPSA) is 75.5 Å². The molecule has 0 N–H and O–H groups in total. The molecule has 0 aliphatic carbocycles. The van der Waals surface area contributed by atoms with Crippen LogP contribution in [0.4, 0.5) is 0 Å². The highest BCUT2D eigenvalue weighted by atomic mass is 32.2. The van der Waals surface area contributed by atoms with Crippen molar-refractivity contribution in [2.45, 2.75) is 19.9 Å². The molecule has 3 rings (SSSR count). The predicted molar refractivity (Wildman–Crippen MR) is 95.2 cm³/mol. The third-order valence-corrected chi connectivity index (χ3v) is 5.84. The molecule has 0 saturated carbocycles. The minimum atomic E-state index is -3.25. The number of carbonyl (C=O) groups excluding carboxylic acids is 1. The molecule has 1 saturated heterocycles. The van der Waals surface area contributed by atoms with Crippen molar-refractivity contribution in [2.75, 3.05) is 25.9 Å². The van der Waals surface area contributed by atoms with Gasteiger partial charge in [-0.05, 0) is 31.5 Å². The molecule has 25 heavy (non-hydrogen) atoms. The average molecular weight is 362 g/mol. The molecule has 0 bridgehead atoms. The van der Waals surface area contributed by atoms with Crippen molar-refractivity contribution < 1.29 is 13.2 Å². The summed E-state index contributed by atoms with van der Waals surface area (Å²) in [7, 11) is -3.25. The van der Waals surface area contributed by atoms with Crippen LogP contribution in [0, 0.1) is 6.92 Å².